The Labute approximate surface area is 134 Å². The van der Waals surface area contributed by atoms with E-state index in [1.165, 1.54) is 12.1 Å². The quantitative estimate of drug-likeness (QED) is 0.638. The lowest BCUT2D eigenvalue weighted by molar-refractivity contribution is -0.384. The number of nitro benzene ring substituents is 1. The monoisotopic (exact) mass is 365 g/mol. The van der Waals surface area contributed by atoms with Crippen molar-refractivity contribution in [2.24, 2.45) is 0 Å². The second kappa shape index (κ2) is 6.57. The van der Waals surface area contributed by atoms with Crippen LogP contribution in [0.5, 0.6) is 0 Å². The van der Waals surface area contributed by atoms with Crippen LogP contribution in [0.3, 0.4) is 0 Å². The van der Waals surface area contributed by atoms with Gasteiger partial charge in [0.05, 0.1) is 27.3 Å². The molecule has 0 spiro atoms. The maximum absolute atomic E-state index is 10.7. The third-order valence-corrected chi connectivity index (χ3v) is 3.88. The SMILES string of the molecule is N#Cc1ccc(Cl)c(NCc2ccc([N+](=O)[O-])cc2Br)c1. The van der Waals surface area contributed by atoms with Crippen LogP contribution >= 0.6 is 27.5 Å². The minimum absolute atomic E-state index is 0.0233. The Hall–Kier alpha value is -2.10. The molecule has 0 fully saturated rings. The Balaban J connectivity index is 2.17. The molecule has 1 N–H and O–H groups in total. The Morgan fingerprint density at radius 2 is 2.10 bits per heavy atom. The summed E-state index contributed by atoms with van der Waals surface area (Å²) in [7, 11) is 0. The lowest BCUT2D eigenvalue weighted by Gasteiger charge is -2.10. The Bertz CT molecular complexity index is 743. The van der Waals surface area contributed by atoms with Crippen molar-refractivity contribution in [3.8, 4) is 6.07 Å². The molecular weight excluding hydrogens is 358 g/mol. The van der Waals surface area contributed by atoms with Gasteiger partial charge in [0.2, 0.25) is 0 Å². The molecule has 7 heteroatoms. The first-order valence-corrected chi connectivity index (χ1v) is 7.04. The van der Waals surface area contributed by atoms with Gasteiger partial charge in [-0.1, -0.05) is 27.5 Å². The zero-order valence-electron chi connectivity index (χ0n) is 10.6. The van der Waals surface area contributed by atoms with E-state index in [0.29, 0.717) is 27.3 Å². The molecule has 0 aromatic heterocycles. The highest BCUT2D eigenvalue weighted by Crippen LogP contribution is 2.26. The molecule has 0 saturated heterocycles. The molecule has 0 bridgehead atoms. The maximum Gasteiger partial charge on any atom is 0.270 e. The second-order valence-electron chi connectivity index (χ2n) is 4.19. The Morgan fingerprint density at radius 1 is 1.33 bits per heavy atom. The van der Waals surface area contributed by atoms with E-state index < -0.39 is 4.92 Å². The van der Waals surface area contributed by atoms with Gasteiger partial charge in [0, 0.05) is 23.2 Å². The van der Waals surface area contributed by atoms with E-state index in [9.17, 15) is 10.1 Å². The summed E-state index contributed by atoms with van der Waals surface area (Å²) in [6, 6.07) is 11.5. The average molecular weight is 367 g/mol. The molecule has 2 aromatic rings. The minimum Gasteiger partial charge on any atom is -0.380 e. The molecule has 5 nitrogen and oxygen atoms in total. The molecule has 0 aliphatic heterocycles. The molecule has 0 aliphatic carbocycles. The third-order valence-electron chi connectivity index (χ3n) is 2.81. The number of nitriles is 1. The van der Waals surface area contributed by atoms with Gasteiger partial charge in [-0.15, -0.1) is 0 Å². The number of nitrogens with zero attached hydrogens (tertiary/aromatic N) is 2. The number of halogens is 2. The molecule has 0 heterocycles. The summed E-state index contributed by atoms with van der Waals surface area (Å²) in [5, 5.41) is 23.2. The van der Waals surface area contributed by atoms with Gasteiger partial charge in [-0.05, 0) is 29.8 Å². The molecule has 21 heavy (non-hydrogen) atoms. The summed E-state index contributed by atoms with van der Waals surface area (Å²) >= 11 is 9.36. The molecule has 0 aliphatic rings. The van der Waals surface area contributed by atoms with Crippen LogP contribution in [-0.2, 0) is 6.54 Å². The van der Waals surface area contributed by atoms with Crippen molar-refractivity contribution in [3.63, 3.8) is 0 Å². The highest BCUT2D eigenvalue weighted by atomic mass is 79.9. The molecule has 2 aromatic carbocycles. The van der Waals surface area contributed by atoms with E-state index in [0.717, 1.165) is 5.56 Å². The van der Waals surface area contributed by atoms with Crippen molar-refractivity contribution in [1.82, 2.24) is 0 Å². The van der Waals surface area contributed by atoms with E-state index in [4.69, 9.17) is 16.9 Å². The standard InChI is InChI=1S/C14H9BrClN3O2/c15-12-6-11(19(20)21)3-2-10(12)8-18-14-5-9(7-17)1-4-13(14)16/h1-6,18H,8H2. The summed E-state index contributed by atoms with van der Waals surface area (Å²) in [6.45, 7) is 0.424. The molecule has 0 saturated carbocycles. The van der Waals surface area contributed by atoms with Crippen molar-refractivity contribution in [2.75, 3.05) is 5.32 Å². The first-order chi connectivity index (χ1) is 10.0. The minimum atomic E-state index is -0.449. The van der Waals surface area contributed by atoms with Crippen LogP contribution < -0.4 is 5.32 Å². The number of nitro groups is 1. The van der Waals surface area contributed by atoms with Crippen LogP contribution in [0.2, 0.25) is 5.02 Å². The van der Waals surface area contributed by atoms with Gasteiger partial charge >= 0.3 is 0 Å². The number of hydrogen-bond donors (Lipinski definition) is 1. The number of hydrogen-bond acceptors (Lipinski definition) is 4. The fourth-order valence-electron chi connectivity index (χ4n) is 1.71. The molecular formula is C14H9BrClN3O2. The zero-order chi connectivity index (χ0) is 15.4. The second-order valence-corrected chi connectivity index (χ2v) is 5.45. The van der Waals surface area contributed by atoms with Crippen LogP contribution in [0.15, 0.2) is 40.9 Å². The van der Waals surface area contributed by atoms with Gasteiger partial charge in [-0.2, -0.15) is 5.26 Å². The fraction of sp³-hybridized carbons (Fsp3) is 0.0714. The Morgan fingerprint density at radius 3 is 2.71 bits per heavy atom. The molecule has 106 valence electrons. The summed E-state index contributed by atoms with van der Waals surface area (Å²) in [5.74, 6) is 0. The van der Waals surface area contributed by atoms with Gasteiger partial charge < -0.3 is 5.32 Å². The zero-order valence-corrected chi connectivity index (χ0v) is 13.0. The van der Waals surface area contributed by atoms with E-state index in [-0.39, 0.29) is 5.69 Å². The number of nitrogens with one attached hydrogen (secondary N) is 1. The van der Waals surface area contributed by atoms with Gasteiger partial charge in [0.1, 0.15) is 0 Å². The third kappa shape index (κ3) is 3.72. The molecule has 0 amide bonds. The fourth-order valence-corrected chi connectivity index (χ4v) is 2.41. The van der Waals surface area contributed by atoms with E-state index in [1.54, 1.807) is 24.3 Å². The number of non-ortho nitro benzene ring substituents is 1. The van der Waals surface area contributed by atoms with Gasteiger partial charge in [-0.25, -0.2) is 0 Å². The van der Waals surface area contributed by atoms with Crippen molar-refractivity contribution in [3.05, 3.63) is 67.1 Å². The van der Waals surface area contributed by atoms with Crippen LogP contribution in [0.1, 0.15) is 11.1 Å². The smallest absolute Gasteiger partial charge is 0.270 e. The lowest BCUT2D eigenvalue weighted by Crippen LogP contribution is -2.01. The van der Waals surface area contributed by atoms with E-state index in [1.807, 2.05) is 6.07 Å². The summed E-state index contributed by atoms with van der Waals surface area (Å²) in [4.78, 5) is 10.2. The molecule has 0 unspecified atom stereocenters. The maximum atomic E-state index is 10.7. The summed E-state index contributed by atoms with van der Waals surface area (Å²) in [6.07, 6.45) is 0. The van der Waals surface area contributed by atoms with Crippen molar-refractivity contribution in [2.45, 2.75) is 6.54 Å². The first kappa shape index (κ1) is 15.3. The normalized spacial score (nSPS) is 9.95. The van der Waals surface area contributed by atoms with Crippen LogP contribution in [-0.4, -0.2) is 4.92 Å². The first-order valence-electron chi connectivity index (χ1n) is 5.87. The largest absolute Gasteiger partial charge is 0.380 e. The van der Waals surface area contributed by atoms with Crippen molar-refractivity contribution < 1.29 is 4.92 Å². The van der Waals surface area contributed by atoms with Crippen LogP contribution in [0, 0.1) is 21.4 Å². The van der Waals surface area contributed by atoms with Gasteiger partial charge in [0.25, 0.3) is 5.69 Å². The van der Waals surface area contributed by atoms with E-state index in [2.05, 4.69) is 21.2 Å². The number of anilines is 1. The molecule has 0 radical (unpaired) electrons. The van der Waals surface area contributed by atoms with Gasteiger partial charge in [-0.3, -0.25) is 10.1 Å². The highest BCUT2D eigenvalue weighted by Gasteiger charge is 2.09. The molecule has 0 atom stereocenters. The topological polar surface area (TPSA) is 79.0 Å². The number of rotatable bonds is 4. The van der Waals surface area contributed by atoms with Crippen molar-refractivity contribution >= 4 is 38.9 Å². The number of benzene rings is 2. The summed E-state index contributed by atoms with van der Waals surface area (Å²) < 4.78 is 0.636. The highest BCUT2D eigenvalue weighted by molar-refractivity contribution is 9.10. The van der Waals surface area contributed by atoms with Crippen LogP contribution in [0.4, 0.5) is 11.4 Å². The predicted molar refractivity (Wildman–Crippen MR) is 84.3 cm³/mol. The predicted octanol–water partition coefficient (Wildman–Crippen LogP) is 4.49. The molecule has 2 rings (SSSR count). The lowest BCUT2D eigenvalue weighted by atomic mass is 10.2. The average Bonchev–Trinajstić information content (AvgIpc) is 2.47. The van der Waals surface area contributed by atoms with Gasteiger partial charge in [0.15, 0.2) is 0 Å². The summed E-state index contributed by atoms with van der Waals surface area (Å²) in [5.41, 5.74) is 2.01. The van der Waals surface area contributed by atoms with E-state index >= 15 is 0 Å². The Kier molecular flexibility index (Phi) is 4.78. The van der Waals surface area contributed by atoms with Crippen molar-refractivity contribution in [1.29, 1.82) is 5.26 Å². The van der Waals surface area contributed by atoms with Crippen LogP contribution in [0.25, 0.3) is 0 Å².